The summed E-state index contributed by atoms with van der Waals surface area (Å²) in [4.78, 5) is 14.0. The predicted molar refractivity (Wildman–Crippen MR) is 291 cm³/mol. The monoisotopic (exact) mass is 926 g/mol. The molecule has 8 heteroatoms. The molecule has 0 aliphatic heterocycles. The van der Waals surface area contributed by atoms with E-state index in [1.54, 1.807) is 0 Å². The van der Waals surface area contributed by atoms with Crippen LogP contribution < -0.4 is 9.80 Å². The quantitative estimate of drug-likeness (QED) is 0.149. The second-order valence-electron chi connectivity index (χ2n) is 18.2. The van der Waals surface area contributed by atoms with Gasteiger partial charge in [-0.3, -0.25) is 0 Å². The minimum Gasteiger partial charge on any atom is -0.456 e. The molecule has 8 nitrogen and oxygen atoms in total. The molecule has 0 aliphatic rings. The normalized spacial score (nSPS) is 11.9. The minimum absolute atomic E-state index is 0.588. The van der Waals surface area contributed by atoms with Crippen LogP contribution in [0.2, 0.25) is 0 Å². The summed E-state index contributed by atoms with van der Waals surface area (Å²) in [5, 5.41) is 8.65. The molecule has 0 N–H and O–H groups in total. The highest BCUT2D eigenvalue weighted by Crippen LogP contribution is 2.44. The average Bonchev–Trinajstić information content (AvgIpc) is 4.23. The number of furan rings is 2. The number of anilines is 6. The van der Waals surface area contributed by atoms with Crippen molar-refractivity contribution >= 4 is 122 Å². The largest absolute Gasteiger partial charge is 0.456 e. The SMILES string of the molecule is c1ccc2cc(N(c3ccc(-c4nc5ccccc5o4)cc3)c3ccc4c(c3)oc3cc5c(cc34)oc3cc(N(c4ccc(-c6nc7ccccc7o6)cc4)c4ccc6ccccc6c4)ccc35)ccc2c1. The highest BCUT2D eigenvalue weighted by molar-refractivity contribution is 6.15. The van der Waals surface area contributed by atoms with Gasteiger partial charge < -0.3 is 27.5 Å². The molecule has 0 radical (unpaired) electrons. The third-order valence-electron chi connectivity index (χ3n) is 13.9. The molecular weight excluding hydrogens is 889 g/mol. The Labute approximate surface area is 410 Å². The van der Waals surface area contributed by atoms with E-state index in [0.29, 0.717) is 11.8 Å². The number of hydrogen-bond acceptors (Lipinski definition) is 8. The molecule has 0 aliphatic carbocycles. The highest BCUT2D eigenvalue weighted by Gasteiger charge is 2.21. The summed E-state index contributed by atoms with van der Waals surface area (Å²) in [5.41, 5.74) is 14.1. The number of aromatic nitrogens is 2. The zero-order valence-corrected chi connectivity index (χ0v) is 38.4. The fourth-order valence-electron chi connectivity index (χ4n) is 10.3. The van der Waals surface area contributed by atoms with E-state index >= 15 is 0 Å². The number of para-hydroxylation sites is 4. The number of nitrogens with zero attached hydrogens (tertiary/aromatic N) is 4. The Balaban J connectivity index is 0.806. The molecule has 15 aromatic rings. The summed E-state index contributed by atoms with van der Waals surface area (Å²) in [7, 11) is 0. The van der Waals surface area contributed by atoms with Gasteiger partial charge in [0.2, 0.25) is 11.8 Å². The average molecular weight is 927 g/mol. The Morgan fingerprint density at radius 1 is 0.250 bits per heavy atom. The molecule has 0 unspecified atom stereocenters. The summed E-state index contributed by atoms with van der Waals surface area (Å²) in [6, 6.07) is 79.6. The first-order chi connectivity index (χ1) is 35.6. The van der Waals surface area contributed by atoms with E-state index in [9.17, 15) is 0 Å². The van der Waals surface area contributed by atoms with Gasteiger partial charge in [0.15, 0.2) is 11.2 Å². The zero-order chi connectivity index (χ0) is 47.3. The van der Waals surface area contributed by atoms with E-state index in [1.165, 1.54) is 10.8 Å². The third kappa shape index (κ3) is 6.61. The first-order valence-electron chi connectivity index (χ1n) is 23.9. The lowest BCUT2D eigenvalue weighted by molar-refractivity contribution is 0.619. The first kappa shape index (κ1) is 40.0. The molecule has 4 aromatic heterocycles. The van der Waals surface area contributed by atoms with Crippen LogP contribution in [0.3, 0.4) is 0 Å². The summed E-state index contributed by atoms with van der Waals surface area (Å²) in [5.74, 6) is 1.18. The fourth-order valence-corrected chi connectivity index (χ4v) is 10.3. The smallest absolute Gasteiger partial charge is 0.227 e. The van der Waals surface area contributed by atoms with Gasteiger partial charge in [0, 0.05) is 78.9 Å². The Morgan fingerprint density at radius 3 is 1.06 bits per heavy atom. The van der Waals surface area contributed by atoms with Crippen molar-refractivity contribution in [3.63, 3.8) is 0 Å². The van der Waals surface area contributed by atoms with Gasteiger partial charge in [-0.15, -0.1) is 0 Å². The number of benzene rings is 11. The molecule has 0 spiro atoms. The van der Waals surface area contributed by atoms with E-state index in [1.807, 2.05) is 48.5 Å². The van der Waals surface area contributed by atoms with Gasteiger partial charge in [0.25, 0.3) is 0 Å². The number of hydrogen-bond donors (Lipinski definition) is 0. The Kier molecular flexibility index (Phi) is 8.79. The minimum atomic E-state index is 0.588. The van der Waals surface area contributed by atoms with Crippen molar-refractivity contribution in [2.45, 2.75) is 0 Å². The van der Waals surface area contributed by atoms with E-state index in [-0.39, 0.29) is 0 Å². The van der Waals surface area contributed by atoms with Crippen LogP contribution in [-0.2, 0) is 0 Å². The van der Waals surface area contributed by atoms with Crippen molar-refractivity contribution in [3.05, 3.63) is 231 Å². The van der Waals surface area contributed by atoms with E-state index in [0.717, 1.165) is 122 Å². The summed E-state index contributed by atoms with van der Waals surface area (Å²) < 4.78 is 25.8. The van der Waals surface area contributed by atoms with Gasteiger partial charge in [0.1, 0.15) is 33.4 Å². The van der Waals surface area contributed by atoms with Gasteiger partial charge in [-0.25, -0.2) is 9.97 Å². The second-order valence-corrected chi connectivity index (χ2v) is 18.2. The maximum atomic E-state index is 6.78. The molecule has 0 saturated heterocycles. The topological polar surface area (TPSA) is 84.8 Å². The van der Waals surface area contributed by atoms with Crippen LogP contribution in [0.1, 0.15) is 0 Å². The van der Waals surface area contributed by atoms with E-state index in [4.69, 9.17) is 27.6 Å². The van der Waals surface area contributed by atoms with Crippen LogP contribution in [0.4, 0.5) is 34.1 Å². The first-order valence-corrected chi connectivity index (χ1v) is 23.9. The third-order valence-corrected chi connectivity index (χ3v) is 13.9. The number of rotatable bonds is 8. The lowest BCUT2D eigenvalue weighted by Gasteiger charge is -2.26. The molecule has 0 bridgehead atoms. The lowest BCUT2D eigenvalue weighted by Crippen LogP contribution is -2.09. The number of fused-ring (bicyclic) bond motifs is 10. The molecular formula is C64H38N4O4. The maximum Gasteiger partial charge on any atom is 0.227 e. The molecule has 0 amide bonds. The highest BCUT2D eigenvalue weighted by atomic mass is 16.4. The van der Waals surface area contributed by atoms with Crippen molar-refractivity contribution in [2.75, 3.05) is 9.80 Å². The fraction of sp³-hybridized carbons (Fsp3) is 0. The Hall–Kier alpha value is -9.92. The number of oxazole rings is 2. The summed E-state index contributed by atoms with van der Waals surface area (Å²) in [6.45, 7) is 0. The Bertz CT molecular complexity index is 4240. The van der Waals surface area contributed by atoms with E-state index in [2.05, 4.69) is 192 Å². The summed E-state index contributed by atoms with van der Waals surface area (Å²) in [6.07, 6.45) is 0. The molecule has 4 heterocycles. The van der Waals surface area contributed by atoms with Gasteiger partial charge in [-0.2, -0.15) is 0 Å². The zero-order valence-electron chi connectivity index (χ0n) is 38.4. The van der Waals surface area contributed by atoms with Crippen molar-refractivity contribution in [3.8, 4) is 22.9 Å². The van der Waals surface area contributed by atoms with Crippen molar-refractivity contribution in [1.29, 1.82) is 0 Å². The van der Waals surface area contributed by atoms with Crippen LogP contribution >= 0.6 is 0 Å². The van der Waals surface area contributed by atoms with Crippen molar-refractivity contribution in [1.82, 2.24) is 9.97 Å². The van der Waals surface area contributed by atoms with Crippen LogP contribution in [-0.4, -0.2) is 9.97 Å². The van der Waals surface area contributed by atoms with Gasteiger partial charge in [-0.05, 0) is 155 Å². The molecule has 338 valence electrons. The molecule has 15 rings (SSSR count). The van der Waals surface area contributed by atoms with Crippen LogP contribution in [0.15, 0.2) is 248 Å². The van der Waals surface area contributed by atoms with Crippen molar-refractivity contribution in [2.24, 2.45) is 0 Å². The standard InChI is InChI=1S/C64H38N4O4/c1-3-11-43-33-47(27-17-39(43)9-1)67(45-23-19-41(20-24-45)63-65-55-13-5-7-15-57(55)71-63)49-29-31-51-53-37-62-54(38-61(53)69-59(51)35-49)52-32-30-50(36-60(52)70-62)68(48-28-18-40-10-2-4-12-44(40)34-48)46-25-21-42(22-26-46)64-66-56-14-6-8-16-58(56)72-64/h1-38H. The lowest BCUT2D eigenvalue weighted by atomic mass is 10.1. The second kappa shape index (κ2) is 15.8. The van der Waals surface area contributed by atoms with Crippen LogP contribution in [0, 0.1) is 0 Å². The van der Waals surface area contributed by atoms with Crippen molar-refractivity contribution < 1.29 is 17.7 Å². The molecule has 72 heavy (non-hydrogen) atoms. The van der Waals surface area contributed by atoms with Gasteiger partial charge >= 0.3 is 0 Å². The van der Waals surface area contributed by atoms with Gasteiger partial charge in [-0.1, -0.05) is 84.9 Å². The van der Waals surface area contributed by atoms with Crippen LogP contribution in [0.5, 0.6) is 0 Å². The molecule has 0 fully saturated rings. The predicted octanol–water partition coefficient (Wildman–Crippen LogP) is 18.3. The maximum absolute atomic E-state index is 6.78. The summed E-state index contributed by atoms with van der Waals surface area (Å²) >= 11 is 0. The van der Waals surface area contributed by atoms with Crippen LogP contribution in [0.25, 0.3) is 111 Å². The molecule has 0 saturated carbocycles. The molecule has 11 aromatic carbocycles. The Morgan fingerprint density at radius 2 is 0.611 bits per heavy atom. The van der Waals surface area contributed by atoms with Gasteiger partial charge in [0.05, 0.1) is 0 Å². The van der Waals surface area contributed by atoms with E-state index < -0.39 is 0 Å². The molecule has 0 atom stereocenters.